The number of hydrogen-bond donors (Lipinski definition) is 2. The number of hydrogen-bond acceptors (Lipinski definition) is 6. The molecule has 0 aromatic heterocycles. The highest BCUT2D eigenvalue weighted by atomic mass is 16.5. The Kier molecular flexibility index (Phi) is 6.26. The minimum absolute atomic E-state index is 0.00734. The molecule has 1 heterocycles. The molecule has 2 N–H and O–H groups in total. The van der Waals surface area contributed by atoms with Gasteiger partial charge in [0.15, 0.2) is 6.61 Å². The minimum atomic E-state index is -0.920. The zero-order valence-corrected chi connectivity index (χ0v) is 16.1. The largest absolute Gasteiger partial charge is 0.454 e. The topological polar surface area (TPSA) is 122 Å². The Morgan fingerprint density at radius 2 is 1.69 bits per heavy atom. The molecule has 1 aromatic carbocycles. The molecule has 9 nitrogen and oxygen atoms in total. The first-order valence-corrected chi connectivity index (χ1v) is 9.58. The Balaban J connectivity index is 1.42. The van der Waals surface area contributed by atoms with Crippen LogP contribution < -0.4 is 10.6 Å². The number of esters is 1. The number of nitrogens with zero attached hydrogens (tertiary/aromatic N) is 1. The van der Waals surface area contributed by atoms with Gasteiger partial charge in [0.05, 0.1) is 11.1 Å². The first-order chi connectivity index (χ1) is 13.9. The monoisotopic (exact) mass is 401 g/mol. The highest BCUT2D eigenvalue weighted by Crippen LogP contribution is 2.23. The number of carbonyl (C=O) groups excluding carboxylic acids is 5. The van der Waals surface area contributed by atoms with Gasteiger partial charge in [-0.15, -0.1) is 0 Å². The summed E-state index contributed by atoms with van der Waals surface area (Å²) < 4.78 is 4.80. The van der Waals surface area contributed by atoms with Crippen LogP contribution in [0.2, 0.25) is 0 Å². The maximum absolute atomic E-state index is 12.2. The second-order valence-corrected chi connectivity index (χ2v) is 7.29. The van der Waals surface area contributed by atoms with Gasteiger partial charge in [0, 0.05) is 6.04 Å². The molecular formula is C20H23N3O6. The van der Waals surface area contributed by atoms with E-state index in [1.165, 1.54) is 12.1 Å². The maximum atomic E-state index is 12.2. The van der Waals surface area contributed by atoms with Crippen molar-refractivity contribution in [3.63, 3.8) is 0 Å². The van der Waals surface area contributed by atoms with E-state index in [2.05, 4.69) is 10.6 Å². The molecule has 3 rings (SSSR count). The average Bonchev–Trinajstić information content (AvgIpc) is 2.93. The van der Waals surface area contributed by atoms with Crippen molar-refractivity contribution >= 4 is 29.7 Å². The molecule has 1 aromatic rings. The second-order valence-electron chi connectivity index (χ2n) is 7.29. The summed E-state index contributed by atoms with van der Waals surface area (Å²) in [5, 5.41) is 4.87. The van der Waals surface area contributed by atoms with Gasteiger partial charge in [0.2, 0.25) is 0 Å². The highest BCUT2D eigenvalue weighted by Gasteiger charge is 2.36. The molecule has 0 saturated heterocycles. The first kappa shape index (κ1) is 20.5. The summed E-state index contributed by atoms with van der Waals surface area (Å²) in [6.45, 7) is 0.758. The Morgan fingerprint density at radius 1 is 1.07 bits per heavy atom. The number of imide groups is 2. The van der Waals surface area contributed by atoms with Crippen LogP contribution in [-0.4, -0.2) is 53.8 Å². The molecule has 0 spiro atoms. The maximum Gasteiger partial charge on any atom is 0.326 e. The van der Waals surface area contributed by atoms with Gasteiger partial charge in [-0.2, -0.15) is 0 Å². The predicted molar refractivity (Wildman–Crippen MR) is 101 cm³/mol. The summed E-state index contributed by atoms with van der Waals surface area (Å²) in [5.41, 5.74) is 0.438. The van der Waals surface area contributed by atoms with Gasteiger partial charge < -0.3 is 10.1 Å². The fourth-order valence-electron chi connectivity index (χ4n) is 3.60. The summed E-state index contributed by atoms with van der Waals surface area (Å²) >= 11 is 0. The van der Waals surface area contributed by atoms with Crippen LogP contribution in [0.4, 0.5) is 4.79 Å². The Labute approximate surface area is 167 Å². The van der Waals surface area contributed by atoms with Gasteiger partial charge in [-0.3, -0.25) is 29.4 Å². The molecule has 2 aliphatic rings. The van der Waals surface area contributed by atoms with Crippen LogP contribution in [0, 0.1) is 5.92 Å². The van der Waals surface area contributed by atoms with E-state index in [0.717, 1.165) is 30.6 Å². The second kappa shape index (κ2) is 8.85. The summed E-state index contributed by atoms with van der Waals surface area (Å²) in [6, 6.07) is 5.61. The van der Waals surface area contributed by atoms with E-state index in [9.17, 15) is 24.0 Å². The van der Waals surface area contributed by atoms with Crippen molar-refractivity contribution < 1.29 is 28.7 Å². The van der Waals surface area contributed by atoms with Crippen LogP contribution in [0.15, 0.2) is 24.3 Å². The number of benzene rings is 1. The van der Waals surface area contributed by atoms with Crippen LogP contribution in [-0.2, 0) is 14.3 Å². The lowest BCUT2D eigenvalue weighted by Gasteiger charge is -2.29. The Bertz CT molecular complexity index is 817. The summed E-state index contributed by atoms with van der Waals surface area (Å²) in [5.74, 6) is -2.55. The Morgan fingerprint density at radius 3 is 2.31 bits per heavy atom. The number of urea groups is 1. The molecule has 1 aliphatic heterocycles. The van der Waals surface area contributed by atoms with E-state index in [1.807, 2.05) is 6.92 Å². The fraction of sp³-hybridized carbons (Fsp3) is 0.450. The number of carbonyl (C=O) groups is 5. The van der Waals surface area contributed by atoms with Crippen molar-refractivity contribution in [3.8, 4) is 0 Å². The van der Waals surface area contributed by atoms with E-state index < -0.39 is 42.9 Å². The third-order valence-corrected chi connectivity index (χ3v) is 5.21. The quantitative estimate of drug-likeness (QED) is 0.565. The van der Waals surface area contributed by atoms with E-state index >= 15 is 0 Å². The van der Waals surface area contributed by atoms with Crippen LogP contribution in [0.3, 0.4) is 0 Å². The average molecular weight is 401 g/mol. The molecule has 0 bridgehead atoms. The van der Waals surface area contributed by atoms with E-state index in [1.54, 1.807) is 12.1 Å². The number of ether oxygens (including phenoxy) is 1. The first-order valence-electron chi connectivity index (χ1n) is 9.58. The molecule has 154 valence electrons. The van der Waals surface area contributed by atoms with Crippen molar-refractivity contribution in [1.82, 2.24) is 15.5 Å². The van der Waals surface area contributed by atoms with Crippen LogP contribution in [0.25, 0.3) is 0 Å². The summed E-state index contributed by atoms with van der Waals surface area (Å²) in [6.07, 6.45) is 4.04. The number of rotatable bonds is 5. The van der Waals surface area contributed by atoms with Crippen LogP contribution in [0.5, 0.6) is 0 Å². The van der Waals surface area contributed by atoms with Crippen molar-refractivity contribution in [3.05, 3.63) is 35.4 Å². The highest BCUT2D eigenvalue weighted by molar-refractivity contribution is 6.22. The minimum Gasteiger partial charge on any atom is -0.454 e. The summed E-state index contributed by atoms with van der Waals surface area (Å²) in [4.78, 5) is 60.9. The van der Waals surface area contributed by atoms with E-state index in [0.29, 0.717) is 5.92 Å². The van der Waals surface area contributed by atoms with Gasteiger partial charge in [0.1, 0.15) is 6.54 Å². The molecular weight excluding hydrogens is 378 g/mol. The van der Waals surface area contributed by atoms with Gasteiger partial charge in [-0.05, 0) is 30.9 Å². The van der Waals surface area contributed by atoms with Crippen molar-refractivity contribution in [1.29, 1.82) is 0 Å². The molecule has 29 heavy (non-hydrogen) atoms. The number of amides is 5. The molecule has 1 saturated carbocycles. The molecule has 5 amide bonds. The van der Waals surface area contributed by atoms with Crippen molar-refractivity contribution in [2.45, 2.75) is 38.6 Å². The van der Waals surface area contributed by atoms with Crippen molar-refractivity contribution in [2.75, 3.05) is 13.2 Å². The van der Waals surface area contributed by atoms with E-state index in [-0.39, 0.29) is 17.2 Å². The lowest BCUT2D eigenvalue weighted by atomic mass is 9.86. The molecule has 2 atom stereocenters. The normalized spacial score (nSPS) is 20.8. The lowest BCUT2D eigenvalue weighted by molar-refractivity contribution is -0.148. The Hall–Kier alpha value is -3.23. The lowest BCUT2D eigenvalue weighted by Crippen LogP contribution is -2.48. The molecule has 0 radical (unpaired) electrons. The van der Waals surface area contributed by atoms with Gasteiger partial charge in [0.25, 0.3) is 17.7 Å². The van der Waals surface area contributed by atoms with E-state index in [4.69, 9.17) is 4.74 Å². The third-order valence-electron chi connectivity index (χ3n) is 5.21. The predicted octanol–water partition coefficient (Wildman–Crippen LogP) is 1.23. The molecule has 2 unspecified atom stereocenters. The number of nitrogens with one attached hydrogen (secondary N) is 2. The smallest absolute Gasteiger partial charge is 0.326 e. The molecule has 9 heteroatoms. The van der Waals surface area contributed by atoms with Crippen LogP contribution >= 0.6 is 0 Å². The van der Waals surface area contributed by atoms with Crippen molar-refractivity contribution in [2.24, 2.45) is 5.92 Å². The van der Waals surface area contributed by atoms with Gasteiger partial charge in [-0.25, -0.2) is 4.79 Å². The zero-order chi connectivity index (χ0) is 21.0. The molecule has 1 fully saturated rings. The van der Waals surface area contributed by atoms with Gasteiger partial charge >= 0.3 is 12.0 Å². The van der Waals surface area contributed by atoms with Crippen LogP contribution in [0.1, 0.15) is 53.3 Å². The summed E-state index contributed by atoms with van der Waals surface area (Å²) in [7, 11) is 0. The SMILES string of the molecule is CC1CCCCC1NC(=O)NC(=O)COC(=O)CN1C(=O)c2ccccc2C1=O. The zero-order valence-electron chi connectivity index (χ0n) is 16.1. The van der Waals surface area contributed by atoms with Gasteiger partial charge in [-0.1, -0.05) is 31.9 Å². The third kappa shape index (κ3) is 4.79. The standard InChI is InChI=1S/C20H23N3O6/c1-12-6-2-5-9-15(12)21-20(28)22-16(24)11-29-17(25)10-23-18(26)13-7-3-4-8-14(13)19(23)27/h3-4,7-8,12,15H,2,5-6,9-11H2,1H3,(H2,21,22,24,28). The fourth-order valence-corrected chi connectivity index (χ4v) is 3.60. The number of fused-ring (bicyclic) bond motifs is 1. The molecule has 1 aliphatic carbocycles.